The Morgan fingerprint density at radius 1 is 1.33 bits per heavy atom. The van der Waals surface area contributed by atoms with Crippen molar-refractivity contribution in [3.8, 4) is 6.07 Å². The number of nitrogens with two attached hydrogens (primary N) is 1. The maximum absolute atomic E-state index is 14.1. The number of anilines is 3. The van der Waals surface area contributed by atoms with Crippen molar-refractivity contribution in [2.24, 2.45) is 0 Å². The second-order valence-corrected chi connectivity index (χ2v) is 4.38. The van der Waals surface area contributed by atoms with Crippen LogP contribution in [-0.2, 0) is 0 Å². The minimum atomic E-state index is -1.24. The third-order valence-corrected chi connectivity index (χ3v) is 3.10. The highest BCUT2D eigenvalue weighted by Crippen LogP contribution is 2.31. The molecular weight excluding hydrogens is 273 g/mol. The number of hydrogen-bond donors (Lipinski definition) is 2. The van der Waals surface area contributed by atoms with E-state index in [1.54, 1.807) is 31.3 Å². The van der Waals surface area contributed by atoms with Crippen LogP contribution >= 0.6 is 0 Å². The molecule has 0 heterocycles. The van der Waals surface area contributed by atoms with Gasteiger partial charge < -0.3 is 15.7 Å². The van der Waals surface area contributed by atoms with E-state index in [9.17, 15) is 9.18 Å². The van der Waals surface area contributed by atoms with Crippen molar-refractivity contribution in [2.75, 3.05) is 17.7 Å². The second-order valence-electron chi connectivity index (χ2n) is 4.38. The lowest BCUT2D eigenvalue weighted by Crippen LogP contribution is -2.14. The summed E-state index contributed by atoms with van der Waals surface area (Å²) in [5.74, 6) is -1.90. The Labute approximate surface area is 120 Å². The first kappa shape index (κ1) is 14.3. The molecule has 3 N–H and O–H groups in total. The Morgan fingerprint density at radius 3 is 2.62 bits per heavy atom. The van der Waals surface area contributed by atoms with Crippen molar-refractivity contribution < 1.29 is 14.3 Å². The number of nitrogen functional groups attached to an aromatic ring is 1. The van der Waals surface area contributed by atoms with Gasteiger partial charge in [-0.05, 0) is 24.3 Å². The first-order valence-corrected chi connectivity index (χ1v) is 6.01. The standard InChI is InChI=1S/C15H12FN3O2/c1-19(13-5-3-2-4-9(13)8-17)14-6-10(15(20)21)12(18)7-11(14)16/h2-7H,18H2,1H3,(H,20,21). The van der Waals surface area contributed by atoms with Crippen molar-refractivity contribution >= 4 is 23.0 Å². The molecule has 0 saturated carbocycles. The van der Waals surface area contributed by atoms with Crippen LogP contribution in [0.4, 0.5) is 21.5 Å². The number of hydrogen-bond acceptors (Lipinski definition) is 4. The van der Waals surface area contributed by atoms with Gasteiger partial charge in [-0.25, -0.2) is 9.18 Å². The summed E-state index contributed by atoms with van der Waals surface area (Å²) in [6, 6.07) is 10.8. The molecule has 0 unspecified atom stereocenters. The average Bonchev–Trinajstić information content (AvgIpc) is 2.46. The Bertz CT molecular complexity index is 753. The molecule has 0 aliphatic carbocycles. The fraction of sp³-hybridized carbons (Fsp3) is 0.0667. The van der Waals surface area contributed by atoms with E-state index in [1.165, 1.54) is 4.90 Å². The number of aromatic carboxylic acids is 1. The minimum absolute atomic E-state index is 0.0318. The van der Waals surface area contributed by atoms with Gasteiger partial charge in [0.1, 0.15) is 11.9 Å². The van der Waals surface area contributed by atoms with Crippen LogP contribution in [0.1, 0.15) is 15.9 Å². The van der Waals surface area contributed by atoms with E-state index in [0.717, 1.165) is 12.1 Å². The zero-order chi connectivity index (χ0) is 15.6. The average molecular weight is 285 g/mol. The van der Waals surface area contributed by atoms with Gasteiger partial charge in [-0.2, -0.15) is 5.26 Å². The molecule has 0 atom stereocenters. The van der Waals surface area contributed by atoms with E-state index in [4.69, 9.17) is 16.1 Å². The first-order valence-electron chi connectivity index (χ1n) is 6.01. The molecule has 2 aromatic carbocycles. The summed E-state index contributed by atoms with van der Waals surface area (Å²) >= 11 is 0. The van der Waals surface area contributed by atoms with Crippen LogP contribution in [0.5, 0.6) is 0 Å². The van der Waals surface area contributed by atoms with Gasteiger partial charge in [0, 0.05) is 12.7 Å². The first-order chi connectivity index (χ1) is 9.95. The van der Waals surface area contributed by atoms with E-state index >= 15 is 0 Å². The van der Waals surface area contributed by atoms with Crippen molar-refractivity contribution in [1.29, 1.82) is 5.26 Å². The van der Waals surface area contributed by atoms with E-state index in [1.807, 2.05) is 6.07 Å². The molecule has 0 spiro atoms. The lowest BCUT2D eigenvalue weighted by Gasteiger charge is -2.22. The van der Waals surface area contributed by atoms with E-state index < -0.39 is 11.8 Å². The largest absolute Gasteiger partial charge is 0.478 e. The summed E-state index contributed by atoms with van der Waals surface area (Å²) in [4.78, 5) is 12.5. The van der Waals surface area contributed by atoms with Crippen LogP contribution in [0.25, 0.3) is 0 Å². The Kier molecular flexibility index (Phi) is 3.76. The summed E-state index contributed by atoms with van der Waals surface area (Å²) in [5.41, 5.74) is 6.02. The van der Waals surface area contributed by atoms with Crippen LogP contribution in [-0.4, -0.2) is 18.1 Å². The highest BCUT2D eigenvalue weighted by molar-refractivity contribution is 5.95. The molecule has 0 fully saturated rings. The molecule has 2 aromatic rings. The van der Waals surface area contributed by atoms with Crippen LogP contribution < -0.4 is 10.6 Å². The van der Waals surface area contributed by atoms with Crippen molar-refractivity contribution in [3.63, 3.8) is 0 Å². The lowest BCUT2D eigenvalue weighted by atomic mass is 10.1. The summed E-state index contributed by atoms with van der Waals surface area (Å²) in [7, 11) is 1.55. The van der Waals surface area contributed by atoms with Crippen LogP contribution in [0.15, 0.2) is 36.4 Å². The molecule has 0 radical (unpaired) electrons. The Hall–Kier alpha value is -3.07. The van der Waals surface area contributed by atoms with Gasteiger partial charge in [-0.1, -0.05) is 12.1 Å². The molecular formula is C15H12FN3O2. The van der Waals surface area contributed by atoms with Crippen LogP contribution in [0.3, 0.4) is 0 Å². The number of nitrogens with zero attached hydrogens (tertiary/aromatic N) is 2. The summed E-state index contributed by atoms with van der Waals surface area (Å²) in [6.45, 7) is 0. The zero-order valence-electron chi connectivity index (χ0n) is 11.2. The molecule has 0 aromatic heterocycles. The van der Waals surface area contributed by atoms with Gasteiger partial charge >= 0.3 is 5.97 Å². The van der Waals surface area contributed by atoms with Crippen LogP contribution in [0, 0.1) is 17.1 Å². The third-order valence-electron chi connectivity index (χ3n) is 3.10. The highest BCUT2D eigenvalue weighted by atomic mass is 19.1. The zero-order valence-corrected chi connectivity index (χ0v) is 11.2. The molecule has 0 amide bonds. The molecule has 0 aliphatic heterocycles. The van der Waals surface area contributed by atoms with Crippen molar-refractivity contribution in [1.82, 2.24) is 0 Å². The molecule has 6 heteroatoms. The quantitative estimate of drug-likeness (QED) is 0.846. The maximum atomic E-state index is 14.1. The number of benzene rings is 2. The molecule has 106 valence electrons. The van der Waals surface area contributed by atoms with Gasteiger partial charge in [0.25, 0.3) is 0 Å². The Balaban J connectivity index is 2.58. The molecule has 0 saturated heterocycles. The SMILES string of the molecule is CN(c1cc(C(=O)O)c(N)cc1F)c1ccccc1C#N. The number of para-hydroxylation sites is 1. The van der Waals surface area contributed by atoms with Gasteiger partial charge in [0.15, 0.2) is 0 Å². The molecule has 0 aliphatic rings. The monoisotopic (exact) mass is 285 g/mol. The number of carboxylic acids is 1. The smallest absolute Gasteiger partial charge is 0.337 e. The summed E-state index contributed by atoms with van der Waals surface area (Å²) in [5, 5.41) is 18.1. The predicted molar refractivity (Wildman–Crippen MR) is 77.0 cm³/mol. The molecule has 0 bridgehead atoms. The summed E-state index contributed by atoms with van der Waals surface area (Å²) in [6.07, 6.45) is 0. The number of rotatable bonds is 3. The van der Waals surface area contributed by atoms with Gasteiger partial charge in [0.2, 0.25) is 0 Å². The highest BCUT2D eigenvalue weighted by Gasteiger charge is 2.18. The predicted octanol–water partition coefficient (Wildman–Crippen LogP) is 2.75. The van der Waals surface area contributed by atoms with Gasteiger partial charge in [0.05, 0.1) is 22.5 Å². The van der Waals surface area contributed by atoms with E-state index in [0.29, 0.717) is 11.3 Å². The fourth-order valence-corrected chi connectivity index (χ4v) is 2.01. The van der Waals surface area contributed by atoms with Crippen molar-refractivity contribution in [2.45, 2.75) is 0 Å². The Morgan fingerprint density at radius 2 is 2.00 bits per heavy atom. The molecule has 5 nitrogen and oxygen atoms in total. The number of halogens is 1. The minimum Gasteiger partial charge on any atom is -0.478 e. The fourth-order valence-electron chi connectivity index (χ4n) is 2.01. The van der Waals surface area contributed by atoms with E-state index in [-0.39, 0.29) is 16.9 Å². The third kappa shape index (κ3) is 2.62. The number of nitriles is 1. The van der Waals surface area contributed by atoms with E-state index in [2.05, 4.69) is 0 Å². The van der Waals surface area contributed by atoms with Crippen LogP contribution in [0.2, 0.25) is 0 Å². The lowest BCUT2D eigenvalue weighted by molar-refractivity contribution is 0.0698. The number of carbonyl (C=O) groups is 1. The normalized spacial score (nSPS) is 9.95. The molecule has 21 heavy (non-hydrogen) atoms. The topological polar surface area (TPSA) is 90.3 Å². The second kappa shape index (κ2) is 5.51. The van der Waals surface area contributed by atoms with Gasteiger partial charge in [-0.15, -0.1) is 0 Å². The van der Waals surface area contributed by atoms with Gasteiger partial charge in [-0.3, -0.25) is 0 Å². The number of carboxylic acid groups (broad SMARTS) is 1. The molecule has 2 rings (SSSR count). The maximum Gasteiger partial charge on any atom is 0.337 e. The van der Waals surface area contributed by atoms with Crippen molar-refractivity contribution in [3.05, 3.63) is 53.3 Å². The summed E-state index contributed by atoms with van der Waals surface area (Å²) < 4.78 is 14.1.